The zero-order valence-electron chi connectivity index (χ0n) is 11.9. The van der Waals surface area contributed by atoms with Gasteiger partial charge in [-0.15, -0.1) is 0 Å². The maximum atomic E-state index is 6.11. The Morgan fingerprint density at radius 1 is 1.00 bits per heavy atom. The second kappa shape index (κ2) is 4.78. The van der Waals surface area contributed by atoms with Crippen molar-refractivity contribution in [3.8, 4) is 11.5 Å². The van der Waals surface area contributed by atoms with Gasteiger partial charge in [-0.2, -0.15) is 0 Å². The van der Waals surface area contributed by atoms with Crippen molar-refractivity contribution in [3.63, 3.8) is 0 Å². The molecule has 3 nitrogen and oxygen atoms in total. The molecule has 1 heterocycles. The van der Waals surface area contributed by atoms with E-state index in [9.17, 15) is 0 Å². The van der Waals surface area contributed by atoms with Gasteiger partial charge < -0.3 is 15.2 Å². The summed E-state index contributed by atoms with van der Waals surface area (Å²) < 4.78 is 10.9. The summed E-state index contributed by atoms with van der Waals surface area (Å²) in [5, 5.41) is 0. The van der Waals surface area contributed by atoms with E-state index in [1.807, 2.05) is 6.07 Å². The van der Waals surface area contributed by atoms with Crippen molar-refractivity contribution in [1.29, 1.82) is 0 Å². The highest BCUT2D eigenvalue weighted by Crippen LogP contribution is 2.53. The van der Waals surface area contributed by atoms with Crippen molar-refractivity contribution in [3.05, 3.63) is 59.7 Å². The number of hydrogen-bond donors (Lipinski definition) is 1. The molecule has 0 aromatic heterocycles. The average molecular weight is 281 g/mol. The number of benzene rings is 2. The maximum Gasteiger partial charge on any atom is 0.231 e. The van der Waals surface area contributed by atoms with Crippen LogP contribution in [0.15, 0.2) is 48.5 Å². The largest absolute Gasteiger partial charge is 0.454 e. The van der Waals surface area contributed by atoms with Crippen molar-refractivity contribution in [2.24, 2.45) is 5.73 Å². The zero-order valence-corrected chi connectivity index (χ0v) is 11.9. The maximum absolute atomic E-state index is 6.11. The number of hydrogen-bond acceptors (Lipinski definition) is 3. The average Bonchev–Trinajstić information content (AvgIpc) is 2.95. The highest BCUT2D eigenvalue weighted by atomic mass is 16.7. The third-order valence-electron chi connectivity index (χ3n) is 4.92. The van der Waals surface area contributed by atoms with Crippen LogP contribution < -0.4 is 15.2 Å². The van der Waals surface area contributed by atoms with Crippen LogP contribution in [0.5, 0.6) is 11.5 Å². The molecule has 2 aromatic rings. The number of ether oxygens (including phenoxy) is 2. The van der Waals surface area contributed by atoms with Crippen LogP contribution in [0.3, 0.4) is 0 Å². The SMILES string of the molecule is NCC1(c2ccc3c(c2)OCO3)CC(c2ccccc2)C1. The highest BCUT2D eigenvalue weighted by Gasteiger charge is 2.45. The van der Waals surface area contributed by atoms with E-state index in [4.69, 9.17) is 15.2 Å². The molecule has 0 saturated heterocycles. The van der Waals surface area contributed by atoms with Crippen molar-refractivity contribution in [2.75, 3.05) is 13.3 Å². The van der Waals surface area contributed by atoms with E-state index in [2.05, 4.69) is 42.5 Å². The van der Waals surface area contributed by atoms with Crippen LogP contribution in [0.25, 0.3) is 0 Å². The minimum Gasteiger partial charge on any atom is -0.454 e. The van der Waals surface area contributed by atoms with Crippen LogP contribution in [0.1, 0.15) is 29.9 Å². The summed E-state index contributed by atoms with van der Waals surface area (Å²) in [5.41, 5.74) is 8.90. The second-order valence-corrected chi connectivity index (χ2v) is 6.07. The van der Waals surface area contributed by atoms with Gasteiger partial charge in [-0.1, -0.05) is 36.4 Å². The lowest BCUT2D eigenvalue weighted by atomic mass is 9.57. The Morgan fingerprint density at radius 3 is 2.52 bits per heavy atom. The van der Waals surface area contributed by atoms with E-state index >= 15 is 0 Å². The molecule has 0 amide bonds. The molecular weight excluding hydrogens is 262 g/mol. The molecular formula is C18H19NO2. The fourth-order valence-corrected chi connectivity index (χ4v) is 3.59. The molecule has 4 rings (SSSR count). The van der Waals surface area contributed by atoms with Crippen molar-refractivity contribution in [2.45, 2.75) is 24.2 Å². The van der Waals surface area contributed by atoms with Crippen LogP contribution in [-0.4, -0.2) is 13.3 Å². The summed E-state index contributed by atoms with van der Waals surface area (Å²) in [6.45, 7) is 0.997. The first kappa shape index (κ1) is 12.7. The number of rotatable bonds is 3. The minimum absolute atomic E-state index is 0.0848. The van der Waals surface area contributed by atoms with E-state index in [0.717, 1.165) is 24.3 Å². The monoisotopic (exact) mass is 281 g/mol. The molecule has 1 aliphatic heterocycles. The summed E-state index contributed by atoms with van der Waals surface area (Å²) >= 11 is 0. The Balaban J connectivity index is 1.59. The molecule has 2 N–H and O–H groups in total. The van der Waals surface area contributed by atoms with Gasteiger partial charge in [0, 0.05) is 12.0 Å². The molecule has 0 atom stereocenters. The highest BCUT2D eigenvalue weighted by molar-refractivity contribution is 5.48. The van der Waals surface area contributed by atoms with E-state index in [0.29, 0.717) is 19.3 Å². The fourth-order valence-electron chi connectivity index (χ4n) is 3.59. The molecule has 0 unspecified atom stereocenters. The Morgan fingerprint density at radius 2 is 1.76 bits per heavy atom. The van der Waals surface area contributed by atoms with Gasteiger partial charge in [0.05, 0.1) is 0 Å². The molecule has 1 aliphatic carbocycles. The lowest BCUT2D eigenvalue weighted by molar-refractivity contribution is 0.173. The first-order valence-electron chi connectivity index (χ1n) is 7.46. The van der Waals surface area contributed by atoms with Gasteiger partial charge in [-0.3, -0.25) is 0 Å². The van der Waals surface area contributed by atoms with E-state index in [1.54, 1.807) is 0 Å². The third-order valence-corrected chi connectivity index (χ3v) is 4.92. The topological polar surface area (TPSA) is 44.5 Å². The Kier molecular flexibility index (Phi) is 2.89. The minimum atomic E-state index is 0.0848. The Labute approximate surface area is 124 Å². The molecule has 2 aromatic carbocycles. The molecule has 2 aliphatic rings. The lowest BCUT2D eigenvalue weighted by Gasteiger charge is -2.48. The number of nitrogens with two attached hydrogens (primary N) is 1. The summed E-state index contributed by atoms with van der Waals surface area (Å²) in [6, 6.07) is 17.0. The van der Waals surface area contributed by atoms with E-state index < -0.39 is 0 Å². The Hall–Kier alpha value is -2.00. The third kappa shape index (κ3) is 2.00. The predicted molar refractivity (Wildman–Crippen MR) is 81.7 cm³/mol. The lowest BCUT2D eigenvalue weighted by Crippen LogP contribution is -2.46. The molecule has 21 heavy (non-hydrogen) atoms. The van der Waals surface area contributed by atoms with Crippen molar-refractivity contribution in [1.82, 2.24) is 0 Å². The summed E-state index contributed by atoms with van der Waals surface area (Å²) in [6.07, 6.45) is 2.21. The van der Waals surface area contributed by atoms with E-state index in [-0.39, 0.29) is 5.41 Å². The summed E-state index contributed by atoms with van der Waals surface area (Å²) in [4.78, 5) is 0. The van der Waals surface area contributed by atoms with Crippen LogP contribution >= 0.6 is 0 Å². The molecule has 1 saturated carbocycles. The zero-order chi connectivity index (χ0) is 14.3. The van der Waals surface area contributed by atoms with E-state index in [1.165, 1.54) is 11.1 Å². The molecule has 3 heteroatoms. The normalized spacial score (nSPS) is 26.4. The summed E-state index contributed by atoms with van der Waals surface area (Å²) in [7, 11) is 0. The first-order chi connectivity index (χ1) is 10.3. The van der Waals surface area contributed by atoms with Crippen molar-refractivity contribution < 1.29 is 9.47 Å². The van der Waals surface area contributed by atoms with Crippen molar-refractivity contribution >= 4 is 0 Å². The molecule has 0 spiro atoms. The van der Waals surface area contributed by atoms with Crippen LogP contribution in [0.2, 0.25) is 0 Å². The predicted octanol–water partition coefficient (Wildman–Crippen LogP) is 3.19. The van der Waals surface area contributed by atoms with Crippen LogP contribution in [-0.2, 0) is 5.41 Å². The summed E-state index contributed by atoms with van der Waals surface area (Å²) in [5.74, 6) is 2.30. The van der Waals surface area contributed by atoms with Crippen LogP contribution in [0, 0.1) is 0 Å². The smallest absolute Gasteiger partial charge is 0.231 e. The molecule has 1 fully saturated rings. The van der Waals surface area contributed by atoms with Gasteiger partial charge in [0.1, 0.15) is 0 Å². The first-order valence-corrected chi connectivity index (χ1v) is 7.46. The fraction of sp³-hybridized carbons (Fsp3) is 0.333. The quantitative estimate of drug-likeness (QED) is 0.939. The molecule has 108 valence electrons. The van der Waals surface area contributed by atoms with Gasteiger partial charge in [0.25, 0.3) is 0 Å². The van der Waals surface area contributed by atoms with Gasteiger partial charge in [-0.25, -0.2) is 0 Å². The van der Waals surface area contributed by atoms with Gasteiger partial charge >= 0.3 is 0 Å². The van der Waals surface area contributed by atoms with Gasteiger partial charge in [0.2, 0.25) is 6.79 Å². The second-order valence-electron chi connectivity index (χ2n) is 6.07. The standard InChI is InChI=1S/C18H19NO2/c19-11-18(9-14(10-18)13-4-2-1-3-5-13)15-6-7-16-17(8-15)21-12-20-16/h1-8,14H,9-12,19H2. The van der Waals surface area contributed by atoms with Gasteiger partial charge in [-0.05, 0) is 42.0 Å². The van der Waals surface area contributed by atoms with Gasteiger partial charge in [0.15, 0.2) is 11.5 Å². The van der Waals surface area contributed by atoms with Crippen LogP contribution in [0.4, 0.5) is 0 Å². The molecule has 0 radical (unpaired) electrons. The Bertz CT molecular complexity index is 648. The molecule has 0 bridgehead atoms. The number of fused-ring (bicyclic) bond motifs is 1.